The van der Waals surface area contributed by atoms with Crippen molar-refractivity contribution in [2.75, 3.05) is 50.0 Å². The molecular formula is C20H21ClN2O3S. The molecule has 142 valence electrons. The fourth-order valence-corrected chi connectivity index (χ4v) is 4.34. The molecule has 0 atom stereocenters. The molecule has 0 radical (unpaired) electrons. The summed E-state index contributed by atoms with van der Waals surface area (Å²) >= 11 is 7.81. The second-order valence-electron chi connectivity index (χ2n) is 6.41. The summed E-state index contributed by atoms with van der Waals surface area (Å²) in [6, 6.07) is 13.7. The molecule has 0 N–H and O–H groups in total. The third-order valence-electron chi connectivity index (χ3n) is 4.70. The zero-order valence-corrected chi connectivity index (χ0v) is 16.5. The highest BCUT2D eigenvalue weighted by Crippen LogP contribution is 2.34. The third-order valence-corrected chi connectivity index (χ3v) is 6.00. The monoisotopic (exact) mass is 404 g/mol. The molecule has 27 heavy (non-hydrogen) atoms. The molecule has 2 aromatic carbocycles. The number of rotatable bonds is 4. The van der Waals surface area contributed by atoms with Crippen LogP contribution in [-0.4, -0.2) is 56.0 Å². The maximum absolute atomic E-state index is 12.6. The van der Waals surface area contributed by atoms with Crippen molar-refractivity contribution in [3.63, 3.8) is 0 Å². The summed E-state index contributed by atoms with van der Waals surface area (Å²) in [6.07, 6.45) is 0. The van der Waals surface area contributed by atoms with Crippen LogP contribution in [0.25, 0.3) is 0 Å². The second-order valence-corrected chi connectivity index (χ2v) is 7.87. The molecule has 0 spiro atoms. The van der Waals surface area contributed by atoms with E-state index in [1.165, 1.54) is 11.8 Å². The largest absolute Gasteiger partial charge is 0.486 e. The van der Waals surface area contributed by atoms with E-state index in [1.54, 1.807) is 0 Å². The lowest BCUT2D eigenvalue weighted by molar-refractivity contribution is -0.128. The summed E-state index contributed by atoms with van der Waals surface area (Å²) in [5.41, 5.74) is 1.04. The normalized spacial score (nSPS) is 16.3. The number of nitrogens with zero attached hydrogens (tertiary/aromatic N) is 2. The molecule has 5 nitrogen and oxygen atoms in total. The Morgan fingerprint density at radius 3 is 2.52 bits per heavy atom. The van der Waals surface area contributed by atoms with Gasteiger partial charge in [0.2, 0.25) is 5.91 Å². The van der Waals surface area contributed by atoms with E-state index in [1.807, 2.05) is 47.4 Å². The van der Waals surface area contributed by atoms with Gasteiger partial charge in [-0.1, -0.05) is 23.7 Å². The molecule has 4 rings (SSSR count). The van der Waals surface area contributed by atoms with Crippen LogP contribution in [0.5, 0.6) is 11.5 Å². The summed E-state index contributed by atoms with van der Waals surface area (Å²) in [4.78, 5) is 17.8. The van der Waals surface area contributed by atoms with E-state index in [4.69, 9.17) is 21.1 Å². The summed E-state index contributed by atoms with van der Waals surface area (Å²) in [6.45, 7) is 4.17. The fourth-order valence-electron chi connectivity index (χ4n) is 3.25. The Morgan fingerprint density at radius 1 is 1.00 bits per heavy atom. The number of thioether (sulfide) groups is 1. The zero-order chi connectivity index (χ0) is 18.6. The highest BCUT2D eigenvalue weighted by atomic mass is 35.5. The Hall–Kier alpha value is -2.05. The first-order chi connectivity index (χ1) is 13.2. The van der Waals surface area contributed by atoms with E-state index in [9.17, 15) is 4.79 Å². The topological polar surface area (TPSA) is 42.0 Å². The van der Waals surface area contributed by atoms with Crippen molar-refractivity contribution in [3.8, 4) is 11.5 Å². The van der Waals surface area contributed by atoms with Crippen LogP contribution in [0.1, 0.15) is 0 Å². The van der Waals surface area contributed by atoms with Crippen LogP contribution in [-0.2, 0) is 4.79 Å². The second kappa shape index (κ2) is 8.31. The van der Waals surface area contributed by atoms with Crippen LogP contribution in [0.15, 0.2) is 47.4 Å². The van der Waals surface area contributed by atoms with E-state index in [2.05, 4.69) is 4.90 Å². The van der Waals surface area contributed by atoms with Crippen molar-refractivity contribution in [1.29, 1.82) is 0 Å². The Bertz CT molecular complexity index is 825. The van der Waals surface area contributed by atoms with Gasteiger partial charge < -0.3 is 19.3 Å². The number of carbonyl (C=O) groups excluding carboxylic acids is 1. The van der Waals surface area contributed by atoms with Crippen molar-refractivity contribution >= 4 is 35.0 Å². The number of ether oxygens (including phenoxy) is 2. The van der Waals surface area contributed by atoms with Crippen molar-refractivity contribution in [1.82, 2.24) is 4.90 Å². The van der Waals surface area contributed by atoms with Crippen LogP contribution >= 0.6 is 23.4 Å². The maximum atomic E-state index is 12.6. The number of halogens is 1. The number of para-hydroxylation sites is 1. The van der Waals surface area contributed by atoms with Crippen molar-refractivity contribution in [2.24, 2.45) is 0 Å². The van der Waals surface area contributed by atoms with E-state index < -0.39 is 0 Å². The number of piperazine rings is 1. The minimum absolute atomic E-state index is 0.161. The zero-order valence-electron chi connectivity index (χ0n) is 14.9. The first-order valence-corrected chi connectivity index (χ1v) is 10.4. The van der Waals surface area contributed by atoms with Gasteiger partial charge in [0, 0.05) is 31.1 Å². The van der Waals surface area contributed by atoms with Crippen LogP contribution in [0.4, 0.5) is 5.69 Å². The molecule has 2 aliphatic heterocycles. The number of anilines is 1. The van der Waals surface area contributed by atoms with Crippen LogP contribution < -0.4 is 14.4 Å². The van der Waals surface area contributed by atoms with Crippen LogP contribution in [0, 0.1) is 0 Å². The Labute approximate surface area is 168 Å². The smallest absolute Gasteiger partial charge is 0.233 e. The molecule has 0 aliphatic carbocycles. The van der Waals surface area contributed by atoms with Gasteiger partial charge in [-0.2, -0.15) is 0 Å². The highest BCUT2D eigenvalue weighted by molar-refractivity contribution is 8.00. The first kappa shape index (κ1) is 18.3. The Balaban J connectivity index is 1.29. The minimum Gasteiger partial charge on any atom is -0.486 e. The van der Waals surface area contributed by atoms with Gasteiger partial charge in [0.25, 0.3) is 0 Å². The van der Waals surface area contributed by atoms with E-state index >= 15 is 0 Å². The number of hydrogen-bond donors (Lipinski definition) is 0. The van der Waals surface area contributed by atoms with Crippen molar-refractivity contribution in [3.05, 3.63) is 47.5 Å². The number of amides is 1. The standard InChI is InChI=1S/C20H21ClN2O3S/c21-16-3-1-2-4-17(16)22-7-9-23(10-8-22)20(24)14-27-15-5-6-18-19(13-15)26-12-11-25-18/h1-6,13H,7-12,14H2. The van der Waals surface area contributed by atoms with Gasteiger partial charge in [0.05, 0.1) is 16.5 Å². The van der Waals surface area contributed by atoms with Crippen LogP contribution in [0.2, 0.25) is 5.02 Å². The van der Waals surface area contributed by atoms with Crippen molar-refractivity contribution < 1.29 is 14.3 Å². The third kappa shape index (κ3) is 4.28. The summed E-state index contributed by atoms with van der Waals surface area (Å²) in [5, 5.41) is 0.756. The van der Waals surface area contributed by atoms with Crippen molar-refractivity contribution in [2.45, 2.75) is 4.90 Å². The van der Waals surface area contributed by atoms with E-state index in [-0.39, 0.29) is 5.91 Å². The molecule has 0 saturated carbocycles. The van der Waals surface area contributed by atoms with Crippen LogP contribution in [0.3, 0.4) is 0 Å². The molecule has 1 amide bonds. The fraction of sp³-hybridized carbons (Fsp3) is 0.350. The molecule has 0 aromatic heterocycles. The van der Waals surface area contributed by atoms with Gasteiger partial charge in [0.15, 0.2) is 11.5 Å². The summed E-state index contributed by atoms with van der Waals surface area (Å²) < 4.78 is 11.1. The van der Waals surface area contributed by atoms with Gasteiger partial charge in [-0.3, -0.25) is 4.79 Å². The Kier molecular flexibility index (Phi) is 5.64. The lowest BCUT2D eigenvalue weighted by Gasteiger charge is -2.36. The van der Waals surface area contributed by atoms with E-state index in [0.29, 0.717) is 32.1 Å². The molecule has 0 unspecified atom stereocenters. The lowest BCUT2D eigenvalue weighted by atomic mass is 10.2. The van der Waals surface area contributed by atoms with E-state index in [0.717, 1.165) is 40.2 Å². The van der Waals surface area contributed by atoms with Gasteiger partial charge in [-0.25, -0.2) is 0 Å². The molecule has 2 heterocycles. The quantitative estimate of drug-likeness (QED) is 0.729. The molecule has 1 fully saturated rings. The predicted octanol–water partition coefficient (Wildman–Crippen LogP) is 3.55. The van der Waals surface area contributed by atoms with Gasteiger partial charge >= 0.3 is 0 Å². The minimum atomic E-state index is 0.161. The van der Waals surface area contributed by atoms with Gasteiger partial charge in [-0.15, -0.1) is 11.8 Å². The number of benzene rings is 2. The summed E-state index contributed by atoms with van der Waals surface area (Å²) in [5.74, 6) is 2.11. The summed E-state index contributed by atoms with van der Waals surface area (Å²) in [7, 11) is 0. The SMILES string of the molecule is O=C(CSc1ccc2c(c1)OCCO2)N1CCN(c2ccccc2Cl)CC1. The number of hydrogen-bond acceptors (Lipinski definition) is 5. The lowest BCUT2D eigenvalue weighted by Crippen LogP contribution is -2.49. The molecule has 0 bridgehead atoms. The Morgan fingerprint density at radius 2 is 1.74 bits per heavy atom. The number of carbonyl (C=O) groups is 1. The predicted molar refractivity (Wildman–Crippen MR) is 108 cm³/mol. The average Bonchev–Trinajstić information content (AvgIpc) is 2.72. The maximum Gasteiger partial charge on any atom is 0.233 e. The molecule has 7 heteroatoms. The highest BCUT2D eigenvalue weighted by Gasteiger charge is 2.22. The average molecular weight is 405 g/mol. The molecule has 1 saturated heterocycles. The molecule has 2 aromatic rings. The van der Waals surface area contributed by atoms with Gasteiger partial charge in [-0.05, 0) is 30.3 Å². The van der Waals surface area contributed by atoms with Gasteiger partial charge in [0.1, 0.15) is 13.2 Å². The molecular weight excluding hydrogens is 384 g/mol. The first-order valence-electron chi connectivity index (χ1n) is 9.00. The number of fused-ring (bicyclic) bond motifs is 1. The molecule has 2 aliphatic rings.